The molecule has 0 atom stereocenters. The van der Waals surface area contributed by atoms with Gasteiger partial charge in [-0.1, -0.05) is 0 Å². The molecule has 0 aliphatic rings. The number of hydrogen-bond donors (Lipinski definition) is 3. The molecule has 0 saturated carbocycles. The lowest BCUT2D eigenvalue weighted by Gasteiger charge is -2.12. The van der Waals surface area contributed by atoms with Crippen LogP contribution in [0.2, 0.25) is 0 Å². The first kappa shape index (κ1) is 11.8. The molecule has 5 N–H and O–H groups in total. The van der Waals surface area contributed by atoms with E-state index in [4.69, 9.17) is 20.8 Å². The summed E-state index contributed by atoms with van der Waals surface area (Å²) in [6.07, 6.45) is 0. The molecule has 0 spiro atoms. The maximum atomic E-state index is 11.1. The van der Waals surface area contributed by atoms with E-state index in [-0.39, 0.29) is 28.4 Å². The van der Waals surface area contributed by atoms with E-state index >= 15 is 0 Å². The van der Waals surface area contributed by atoms with Gasteiger partial charge in [-0.25, -0.2) is 0 Å². The Morgan fingerprint density at radius 2 is 2.07 bits per heavy atom. The number of methoxy groups -OCH3 is 1. The Bertz CT molecular complexity index is 470. The van der Waals surface area contributed by atoms with E-state index in [0.29, 0.717) is 0 Å². The molecule has 1 aromatic rings. The smallest absolute Gasteiger partial charge is 0.297 e. The van der Waals surface area contributed by atoms with Crippen LogP contribution in [0.25, 0.3) is 0 Å². The molecule has 84 valence electrons. The van der Waals surface area contributed by atoms with Crippen LogP contribution < -0.4 is 16.2 Å². The van der Waals surface area contributed by atoms with Gasteiger partial charge in [-0.2, -0.15) is 8.42 Å². The standard InChI is InChI=1S/C8H12N2O4S/c1-14-7-3-2-6(10)8(5(7)4-9)15(11,12)13/h2-3H,4,9-10H2,1H3,(H,11,12,13). The van der Waals surface area contributed by atoms with Crippen molar-refractivity contribution in [3.05, 3.63) is 17.7 Å². The molecule has 0 aliphatic carbocycles. The number of rotatable bonds is 3. The molecular formula is C8H12N2O4S. The Balaban J connectivity index is 3.61. The zero-order valence-electron chi connectivity index (χ0n) is 8.10. The largest absolute Gasteiger partial charge is 0.496 e. The highest BCUT2D eigenvalue weighted by Crippen LogP contribution is 2.30. The molecule has 0 saturated heterocycles. The van der Waals surface area contributed by atoms with E-state index in [9.17, 15) is 8.42 Å². The summed E-state index contributed by atoms with van der Waals surface area (Å²) in [6, 6.07) is 2.83. The SMILES string of the molecule is COc1ccc(N)c(S(=O)(=O)O)c1CN. The Morgan fingerprint density at radius 3 is 2.47 bits per heavy atom. The minimum Gasteiger partial charge on any atom is -0.496 e. The minimum atomic E-state index is -4.39. The number of anilines is 1. The van der Waals surface area contributed by atoms with Crippen molar-refractivity contribution in [2.45, 2.75) is 11.4 Å². The van der Waals surface area contributed by atoms with Gasteiger partial charge in [0.05, 0.1) is 12.8 Å². The molecule has 6 nitrogen and oxygen atoms in total. The highest BCUT2D eigenvalue weighted by molar-refractivity contribution is 7.86. The topological polar surface area (TPSA) is 116 Å². The summed E-state index contributed by atoms with van der Waals surface area (Å²) in [5.74, 6) is 0.277. The number of nitrogens with two attached hydrogens (primary N) is 2. The van der Waals surface area contributed by atoms with Crippen LogP contribution in [0.5, 0.6) is 5.75 Å². The van der Waals surface area contributed by atoms with Crippen LogP contribution in [0, 0.1) is 0 Å². The molecule has 0 aromatic heterocycles. The van der Waals surface area contributed by atoms with Crippen molar-refractivity contribution in [1.29, 1.82) is 0 Å². The van der Waals surface area contributed by atoms with Crippen LogP contribution in [-0.2, 0) is 16.7 Å². The van der Waals surface area contributed by atoms with Crippen LogP contribution in [0.15, 0.2) is 17.0 Å². The summed E-state index contributed by atoms with van der Waals surface area (Å²) in [7, 11) is -3.02. The fourth-order valence-electron chi connectivity index (χ4n) is 1.32. The highest BCUT2D eigenvalue weighted by atomic mass is 32.2. The van der Waals surface area contributed by atoms with Crippen molar-refractivity contribution in [1.82, 2.24) is 0 Å². The molecule has 1 aromatic carbocycles. The van der Waals surface area contributed by atoms with Crippen LogP contribution in [0.1, 0.15) is 5.56 Å². The first-order valence-corrected chi connectivity index (χ1v) is 5.48. The van der Waals surface area contributed by atoms with Crippen molar-refractivity contribution in [2.75, 3.05) is 12.8 Å². The van der Waals surface area contributed by atoms with Gasteiger partial charge in [0.25, 0.3) is 10.1 Å². The quantitative estimate of drug-likeness (QED) is 0.498. The van der Waals surface area contributed by atoms with Gasteiger partial charge in [-0.05, 0) is 12.1 Å². The van der Waals surface area contributed by atoms with Gasteiger partial charge >= 0.3 is 0 Å². The normalized spacial score (nSPS) is 11.4. The Hall–Kier alpha value is -1.31. The summed E-state index contributed by atoms with van der Waals surface area (Å²) in [6.45, 7) is -0.0939. The van der Waals surface area contributed by atoms with Gasteiger partial charge in [-0.3, -0.25) is 4.55 Å². The number of benzene rings is 1. The molecule has 0 radical (unpaired) electrons. The summed E-state index contributed by atoms with van der Waals surface area (Å²) in [5, 5.41) is 0. The van der Waals surface area contributed by atoms with Crippen molar-refractivity contribution in [3.8, 4) is 5.75 Å². The second kappa shape index (κ2) is 4.05. The molecule has 7 heteroatoms. The van der Waals surface area contributed by atoms with Crippen molar-refractivity contribution >= 4 is 15.8 Å². The van der Waals surface area contributed by atoms with E-state index in [0.717, 1.165) is 0 Å². The van der Waals surface area contributed by atoms with Crippen LogP contribution >= 0.6 is 0 Å². The Morgan fingerprint density at radius 1 is 1.47 bits per heavy atom. The molecular weight excluding hydrogens is 220 g/mol. The molecule has 0 aliphatic heterocycles. The monoisotopic (exact) mass is 232 g/mol. The second-order valence-corrected chi connectivity index (χ2v) is 4.20. The fraction of sp³-hybridized carbons (Fsp3) is 0.250. The zero-order valence-corrected chi connectivity index (χ0v) is 8.91. The van der Waals surface area contributed by atoms with E-state index in [2.05, 4.69) is 0 Å². The van der Waals surface area contributed by atoms with Gasteiger partial charge in [0.2, 0.25) is 0 Å². The maximum absolute atomic E-state index is 11.1. The number of hydrogen-bond acceptors (Lipinski definition) is 5. The van der Waals surface area contributed by atoms with Crippen molar-refractivity contribution < 1.29 is 17.7 Å². The molecule has 0 heterocycles. The molecule has 0 bridgehead atoms. The lowest BCUT2D eigenvalue weighted by atomic mass is 10.2. The third kappa shape index (κ3) is 2.20. The van der Waals surface area contributed by atoms with Crippen LogP contribution in [0.3, 0.4) is 0 Å². The number of nitrogen functional groups attached to an aromatic ring is 1. The van der Waals surface area contributed by atoms with Crippen LogP contribution in [0.4, 0.5) is 5.69 Å². The third-order valence-electron chi connectivity index (χ3n) is 1.93. The predicted molar refractivity (Wildman–Crippen MR) is 55.1 cm³/mol. The zero-order chi connectivity index (χ0) is 11.6. The summed E-state index contributed by atoms with van der Waals surface area (Å²) in [5.41, 5.74) is 10.9. The van der Waals surface area contributed by atoms with E-state index in [1.807, 2.05) is 0 Å². The van der Waals surface area contributed by atoms with Crippen molar-refractivity contribution in [2.24, 2.45) is 5.73 Å². The van der Waals surface area contributed by atoms with E-state index in [1.54, 1.807) is 0 Å². The molecule has 0 unspecified atom stereocenters. The summed E-state index contributed by atoms with van der Waals surface area (Å²) < 4.78 is 36.0. The minimum absolute atomic E-state index is 0.0567. The summed E-state index contributed by atoms with van der Waals surface area (Å²) >= 11 is 0. The third-order valence-corrected chi connectivity index (χ3v) is 2.93. The lowest BCUT2D eigenvalue weighted by Crippen LogP contribution is -2.11. The fourth-order valence-corrected chi connectivity index (χ4v) is 2.18. The molecule has 15 heavy (non-hydrogen) atoms. The molecule has 0 fully saturated rings. The first-order valence-electron chi connectivity index (χ1n) is 4.04. The van der Waals surface area contributed by atoms with Crippen molar-refractivity contribution in [3.63, 3.8) is 0 Å². The highest BCUT2D eigenvalue weighted by Gasteiger charge is 2.21. The van der Waals surface area contributed by atoms with Crippen LogP contribution in [-0.4, -0.2) is 20.1 Å². The first-order chi connectivity index (χ1) is 6.91. The number of ether oxygens (including phenoxy) is 1. The summed E-state index contributed by atoms with van der Waals surface area (Å²) in [4.78, 5) is -0.385. The average Bonchev–Trinajstić information content (AvgIpc) is 2.15. The lowest BCUT2D eigenvalue weighted by molar-refractivity contribution is 0.407. The van der Waals surface area contributed by atoms with Gasteiger partial charge in [0.15, 0.2) is 0 Å². The predicted octanol–water partition coefficient (Wildman–Crippen LogP) is -0.0172. The van der Waals surface area contributed by atoms with Gasteiger partial charge in [0, 0.05) is 12.1 Å². The second-order valence-electron chi connectivity index (χ2n) is 2.84. The average molecular weight is 232 g/mol. The van der Waals surface area contributed by atoms with Gasteiger partial charge in [-0.15, -0.1) is 0 Å². The van der Waals surface area contributed by atoms with E-state index in [1.165, 1.54) is 19.2 Å². The Labute approximate surface area is 87.6 Å². The Kier molecular flexibility index (Phi) is 3.18. The van der Waals surface area contributed by atoms with Gasteiger partial charge in [0.1, 0.15) is 10.6 Å². The maximum Gasteiger partial charge on any atom is 0.297 e. The molecule has 0 amide bonds. The van der Waals surface area contributed by atoms with Gasteiger partial charge < -0.3 is 16.2 Å². The molecule has 1 rings (SSSR count). The van der Waals surface area contributed by atoms with E-state index < -0.39 is 10.1 Å².